The summed E-state index contributed by atoms with van der Waals surface area (Å²) in [5.41, 5.74) is 0. The molecule has 0 aromatic carbocycles. The second-order valence-electron chi connectivity index (χ2n) is 4.12. The fourth-order valence-corrected chi connectivity index (χ4v) is 1.11. The highest BCUT2D eigenvalue weighted by Gasteiger charge is 2.22. The molecule has 0 aromatic rings. The van der Waals surface area contributed by atoms with Gasteiger partial charge in [-0.3, -0.25) is 4.79 Å². The van der Waals surface area contributed by atoms with Crippen molar-refractivity contribution in [3.8, 4) is 0 Å². The lowest BCUT2D eigenvalue weighted by atomic mass is 10.0. The molecule has 18 heavy (non-hydrogen) atoms. The second kappa shape index (κ2) is 8.71. The van der Waals surface area contributed by atoms with E-state index < -0.39 is 17.9 Å². The molecule has 0 radical (unpaired) electrons. The Hall–Kier alpha value is -1.34. The molecule has 7 heteroatoms. The minimum atomic E-state index is -0.947. The van der Waals surface area contributed by atoms with Crippen LogP contribution in [-0.2, 0) is 9.53 Å². The minimum Gasteiger partial charge on any atom is -0.481 e. The van der Waals surface area contributed by atoms with Crippen LogP contribution < -0.4 is 5.32 Å². The van der Waals surface area contributed by atoms with Crippen molar-refractivity contribution in [1.29, 1.82) is 0 Å². The van der Waals surface area contributed by atoms with Gasteiger partial charge in [-0.1, -0.05) is 0 Å². The summed E-state index contributed by atoms with van der Waals surface area (Å²) in [6.07, 6.45) is 0. The number of amides is 2. The van der Waals surface area contributed by atoms with Gasteiger partial charge in [0, 0.05) is 19.6 Å². The van der Waals surface area contributed by atoms with Crippen LogP contribution in [0.15, 0.2) is 0 Å². The smallest absolute Gasteiger partial charge is 0.317 e. The van der Waals surface area contributed by atoms with Gasteiger partial charge in [-0.25, -0.2) is 4.79 Å². The Bertz CT molecular complexity index is 272. The van der Waals surface area contributed by atoms with E-state index in [0.717, 1.165) is 0 Å². The Morgan fingerprint density at radius 1 is 1.33 bits per heavy atom. The lowest BCUT2D eigenvalue weighted by Gasteiger charge is -2.23. The number of likely N-dealkylation sites (N-methyl/N-ethyl adjacent to an activating group) is 1. The second-order valence-corrected chi connectivity index (χ2v) is 4.12. The molecule has 0 aliphatic heterocycles. The summed E-state index contributed by atoms with van der Waals surface area (Å²) in [4.78, 5) is 23.8. The van der Waals surface area contributed by atoms with Crippen LogP contribution in [-0.4, -0.2) is 66.6 Å². The molecule has 2 unspecified atom stereocenters. The van der Waals surface area contributed by atoms with Crippen LogP contribution >= 0.6 is 0 Å². The number of carbonyl (C=O) groups is 2. The molecule has 0 bridgehead atoms. The summed E-state index contributed by atoms with van der Waals surface area (Å²) < 4.78 is 5.03. The Morgan fingerprint density at radius 3 is 2.44 bits per heavy atom. The number of hydrogen-bond donors (Lipinski definition) is 3. The highest BCUT2D eigenvalue weighted by Crippen LogP contribution is 2.02. The average Bonchev–Trinajstić information content (AvgIpc) is 2.32. The van der Waals surface area contributed by atoms with Crippen LogP contribution in [0, 0.1) is 5.92 Å². The van der Waals surface area contributed by atoms with Crippen LogP contribution in [0.5, 0.6) is 0 Å². The van der Waals surface area contributed by atoms with Gasteiger partial charge in [0.1, 0.15) is 0 Å². The van der Waals surface area contributed by atoms with Gasteiger partial charge in [-0.2, -0.15) is 0 Å². The number of aliphatic carboxylic acids is 1. The number of hydrogen-bond acceptors (Lipinski definition) is 4. The largest absolute Gasteiger partial charge is 0.481 e. The third kappa shape index (κ3) is 6.41. The number of nitrogens with zero attached hydrogens (tertiary/aromatic N) is 1. The summed E-state index contributed by atoms with van der Waals surface area (Å²) in [6.45, 7) is 4.07. The van der Waals surface area contributed by atoms with Crippen molar-refractivity contribution in [1.82, 2.24) is 10.2 Å². The normalized spacial score (nSPS) is 13.8. The van der Waals surface area contributed by atoms with E-state index in [9.17, 15) is 9.59 Å². The molecule has 2 amide bonds. The molecule has 2 atom stereocenters. The number of aliphatic hydroxyl groups excluding tert-OH is 1. The van der Waals surface area contributed by atoms with Crippen molar-refractivity contribution in [2.24, 2.45) is 5.92 Å². The van der Waals surface area contributed by atoms with Crippen molar-refractivity contribution in [2.45, 2.75) is 19.9 Å². The first-order chi connectivity index (χ1) is 8.40. The molecule has 0 heterocycles. The van der Waals surface area contributed by atoms with Crippen LogP contribution in [0.25, 0.3) is 0 Å². The quantitative estimate of drug-likeness (QED) is 0.524. The van der Waals surface area contributed by atoms with Crippen molar-refractivity contribution in [3.05, 3.63) is 0 Å². The monoisotopic (exact) mass is 262 g/mol. The number of carboxylic acid groups (broad SMARTS) is 1. The van der Waals surface area contributed by atoms with Gasteiger partial charge in [0.15, 0.2) is 0 Å². The standard InChI is InChI=1S/C11H22N2O5/c1-8(10(15)16)9(2)12-11(17)13(3)4-6-18-7-5-14/h8-9,14H,4-7H2,1-3H3,(H,12,17)(H,15,16). The fourth-order valence-electron chi connectivity index (χ4n) is 1.11. The summed E-state index contributed by atoms with van der Waals surface area (Å²) in [5.74, 6) is -1.59. The topological polar surface area (TPSA) is 99.1 Å². The van der Waals surface area contributed by atoms with Crippen molar-refractivity contribution < 1.29 is 24.5 Å². The number of rotatable bonds is 8. The first-order valence-corrected chi connectivity index (χ1v) is 5.83. The van der Waals surface area contributed by atoms with Gasteiger partial charge in [-0.15, -0.1) is 0 Å². The SMILES string of the molecule is CC(NC(=O)N(C)CCOCCO)C(C)C(=O)O. The Kier molecular flexibility index (Phi) is 8.06. The van der Waals surface area contributed by atoms with Gasteiger partial charge < -0.3 is 25.2 Å². The first kappa shape index (κ1) is 16.7. The Morgan fingerprint density at radius 2 is 1.94 bits per heavy atom. The highest BCUT2D eigenvalue weighted by atomic mass is 16.5. The van der Waals surface area contributed by atoms with Crippen LogP contribution in [0.2, 0.25) is 0 Å². The van der Waals surface area contributed by atoms with E-state index in [-0.39, 0.29) is 19.2 Å². The molecule has 0 spiro atoms. The molecular formula is C11H22N2O5. The van der Waals surface area contributed by atoms with E-state index in [0.29, 0.717) is 13.2 Å². The predicted molar refractivity (Wildman–Crippen MR) is 65.3 cm³/mol. The molecule has 0 saturated heterocycles. The number of urea groups is 1. The van der Waals surface area contributed by atoms with Gasteiger partial charge in [0.25, 0.3) is 0 Å². The predicted octanol–water partition coefficient (Wildman–Crippen LogP) is -0.254. The molecule has 0 fully saturated rings. The molecule has 7 nitrogen and oxygen atoms in total. The zero-order valence-corrected chi connectivity index (χ0v) is 11.0. The average molecular weight is 262 g/mol. The van der Waals surface area contributed by atoms with Gasteiger partial charge in [0.05, 0.1) is 25.7 Å². The molecule has 0 aliphatic rings. The zero-order valence-electron chi connectivity index (χ0n) is 11.0. The van der Waals surface area contributed by atoms with Gasteiger partial charge in [0.2, 0.25) is 0 Å². The van der Waals surface area contributed by atoms with E-state index in [1.165, 1.54) is 11.8 Å². The Labute approximate surface area is 107 Å². The number of ether oxygens (including phenoxy) is 1. The fraction of sp³-hybridized carbons (Fsp3) is 0.818. The summed E-state index contributed by atoms with van der Waals surface area (Å²) in [5, 5.41) is 19.9. The number of aliphatic hydroxyl groups is 1. The molecule has 106 valence electrons. The number of carbonyl (C=O) groups excluding carboxylic acids is 1. The van der Waals surface area contributed by atoms with E-state index in [1.54, 1.807) is 14.0 Å². The highest BCUT2D eigenvalue weighted by molar-refractivity contribution is 5.76. The third-order valence-electron chi connectivity index (χ3n) is 2.64. The maximum absolute atomic E-state index is 11.7. The number of carboxylic acids is 1. The van der Waals surface area contributed by atoms with Crippen LogP contribution in [0.3, 0.4) is 0 Å². The van der Waals surface area contributed by atoms with E-state index >= 15 is 0 Å². The molecule has 0 rings (SSSR count). The first-order valence-electron chi connectivity index (χ1n) is 5.83. The lowest BCUT2D eigenvalue weighted by molar-refractivity contribution is -0.141. The maximum Gasteiger partial charge on any atom is 0.317 e. The van der Waals surface area contributed by atoms with E-state index in [2.05, 4.69) is 5.32 Å². The van der Waals surface area contributed by atoms with Crippen LogP contribution in [0.1, 0.15) is 13.8 Å². The molecule has 0 saturated carbocycles. The minimum absolute atomic E-state index is 0.0525. The van der Waals surface area contributed by atoms with Crippen molar-refractivity contribution in [2.75, 3.05) is 33.4 Å². The number of nitrogens with one attached hydrogen (secondary N) is 1. The summed E-state index contributed by atoms with van der Waals surface area (Å²) >= 11 is 0. The Balaban J connectivity index is 3.96. The van der Waals surface area contributed by atoms with E-state index in [4.69, 9.17) is 14.9 Å². The zero-order chi connectivity index (χ0) is 14.1. The maximum atomic E-state index is 11.7. The van der Waals surface area contributed by atoms with Crippen LogP contribution in [0.4, 0.5) is 4.79 Å². The molecule has 0 aromatic heterocycles. The summed E-state index contributed by atoms with van der Waals surface area (Å²) in [7, 11) is 1.59. The van der Waals surface area contributed by atoms with Gasteiger partial charge in [-0.05, 0) is 13.8 Å². The third-order valence-corrected chi connectivity index (χ3v) is 2.64. The van der Waals surface area contributed by atoms with Gasteiger partial charge >= 0.3 is 12.0 Å². The van der Waals surface area contributed by atoms with Crippen molar-refractivity contribution >= 4 is 12.0 Å². The molecule has 0 aliphatic carbocycles. The molecule has 3 N–H and O–H groups in total. The summed E-state index contributed by atoms with van der Waals surface area (Å²) in [6, 6.07) is -0.793. The van der Waals surface area contributed by atoms with E-state index in [1.807, 2.05) is 0 Å². The van der Waals surface area contributed by atoms with Crippen molar-refractivity contribution in [3.63, 3.8) is 0 Å². The molecular weight excluding hydrogens is 240 g/mol. The lowest BCUT2D eigenvalue weighted by Crippen LogP contribution is -2.46.